The maximum Gasteiger partial charge on any atom is 0.255 e. The van der Waals surface area contributed by atoms with Crippen LogP contribution in [0.25, 0.3) is 0 Å². The molecule has 2 atom stereocenters. The minimum absolute atomic E-state index is 0.0285. The van der Waals surface area contributed by atoms with E-state index in [0.717, 1.165) is 22.3 Å². The maximum atomic E-state index is 12.6. The molecule has 10 nitrogen and oxygen atoms in total. The van der Waals surface area contributed by atoms with E-state index in [0.29, 0.717) is 49.7 Å². The topological polar surface area (TPSA) is 133 Å². The highest BCUT2D eigenvalue weighted by molar-refractivity contribution is 6.05. The molecule has 2 aromatic rings. The van der Waals surface area contributed by atoms with E-state index in [-0.39, 0.29) is 48.4 Å². The number of carbonyl (C=O) groups is 6. The summed E-state index contributed by atoms with van der Waals surface area (Å²) >= 11 is 0. The van der Waals surface area contributed by atoms with E-state index in [9.17, 15) is 28.8 Å². The zero-order valence-electron chi connectivity index (χ0n) is 25.4. The monoisotopic (exact) mass is 588 g/mol. The lowest BCUT2D eigenvalue weighted by Gasteiger charge is -2.29. The second-order valence-electron chi connectivity index (χ2n) is 12.0. The Morgan fingerprint density at radius 2 is 1.58 bits per heavy atom. The van der Waals surface area contributed by atoms with Crippen LogP contribution >= 0.6 is 0 Å². The largest absolute Gasteiger partial charge is 0.332 e. The Morgan fingerprint density at radius 1 is 0.907 bits per heavy atom. The lowest BCUT2D eigenvalue weighted by molar-refractivity contribution is -0.137. The summed E-state index contributed by atoms with van der Waals surface area (Å²) in [7, 11) is 0. The molecule has 6 amide bonds. The van der Waals surface area contributed by atoms with Gasteiger partial charge in [0.2, 0.25) is 24.1 Å². The zero-order valence-corrected chi connectivity index (χ0v) is 25.4. The lowest BCUT2D eigenvalue weighted by Crippen LogP contribution is -2.52. The normalized spacial score (nSPS) is 18.3. The summed E-state index contributed by atoms with van der Waals surface area (Å²) in [6, 6.07) is 11.4. The zero-order chi connectivity index (χ0) is 31.4. The van der Waals surface area contributed by atoms with Crippen LogP contribution < -0.4 is 10.6 Å². The molecule has 43 heavy (non-hydrogen) atoms. The Kier molecular flexibility index (Phi) is 9.78. The van der Waals surface area contributed by atoms with E-state index in [1.54, 1.807) is 9.80 Å². The van der Waals surface area contributed by atoms with Crippen LogP contribution in [0.3, 0.4) is 0 Å². The van der Waals surface area contributed by atoms with Gasteiger partial charge in [-0.1, -0.05) is 52.0 Å². The number of rotatable bonds is 8. The van der Waals surface area contributed by atoms with E-state index in [2.05, 4.69) is 44.4 Å². The molecule has 2 N–H and O–H groups in total. The molecule has 10 heteroatoms. The third kappa shape index (κ3) is 7.01. The van der Waals surface area contributed by atoms with E-state index in [1.807, 2.05) is 37.3 Å². The van der Waals surface area contributed by atoms with Gasteiger partial charge in [-0.05, 0) is 66.0 Å². The minimum Gasteiger partial charge on any atom is -0.332 e. The lowest BCUT2D eigenvalue weighted by atomic mass is 9.98. The molecule has 2 unspecified atom stereocenters. The standard InChI is InChI=1S/C17H22N2O3.C16H18N2O3/c1-11(2)13-5-6-14-9-19(17(22)15(14)8-13)12(3)4-7-16(21)18-10-20;1-9(2)10-3-4-12-11(7-10)8-18(16(12)21)13-5-6-14(19)17-15(13)20/h5-6,8,10-12H,4,7,9H2,1-3H3,(H,18,20,21);3-4,7,9,13H,5-6,8H2,1-2H3,(H,17,19,20). The third-order valence-corrected chi connectivity index (χ3v) is 8.39. The van der Waals surface area contributed by atoms with E-state index < -0.39 is 6.04 Å². The van der Waals surface area contributed by atoms with Crippen LogP contribution in [-0.2, 0) is 32.3 Å². The molecule has 5 rings (SSSR count). The van der Waals surface area contributed by atoms with Crippen LogP contribution in [0.4, 0.5) is 0 Å². The molecule has 3 aliphatic rings. The van der Waals surface area contributed by atoms with Crippen molar-refractivity contribution >= 4 is 35.9 Å². The minimum atomic E-state index is -0.537. The molecule has 0 spiro atoms. The SMILES string of the molecule is CC(C)c1ccc2c(c1)C(=O)N(C(C)CCC(=O)NC=O)C2.CC(C)c1ccc2c(c1)CN(C1CCC(=O)NC1=O)C2=O. The van der Waals surface area contributed by atoms with Crippen molar-refractivity contribution in [2.45, 2.75) is 97.3 Å². The quantitative estimate of drug-likeness (QED) is 0.356. The van der Waals surface area contributed by atoms with E-state index >= 15 is 0 Å². The summed E-state index contributed by atoms with van der Waals surface area (Å²) in [5.41, 5.74) is 5.80. The summed E-state index contributed by atoms with van der Waals surface area (Å²) in [6.45, 7) is 11.4. The van der Waals surface area contributed by atoms with E-state index in [1.165, 1.54) is 5.56 Å². The number of benzene rings is 2. The number of fused-ring (bicyclic) bond motifs is 2. The first kappa shape index (κ1) is 31.6. The first-order chi connectivity index (χ1) is 20.4. The van der Waals surface area contributed by atoms with Crippen molar-refractivity contribution in [3.05, 3.63) is 69.8 Å². The second-order valence-corrected chi connectivity index (χ2v) is 12.0. The molecule has 1 fully saturated rings. The van der Waals surface area contributed by atoms with Gasteiger partial charge in [-0.3, -0.25) is 39.4 Å². The highest BCUT2D eigenvalue weighted by atomic mass is 16.2. The van der Waals surface area contributed by atoms with Crippen molar-refractivity contribution in [1.82, 2.24) is 20.4 Å². The predicted molar refractivity (Wildman–Crippen MR) is 160 cm³/mol. The summed E-state index contributed by atoms with van der Waals surface area (Å²) in [5, 5.41) is 4.43. The van der Waals surface area contributed by atoms with Crippen molar-refractivity contribution in [2.75, 3.05) is 0 Å². The summed E-state index contributed by atoms with van der Waals surface area (Å²) < 4.78 is 0. The molecule has 0 bridgehead atoms. The van der Waals surface area contributed by atoms with Gasteiger partial charge in [0.25, 0.3) is 11.8 Å². The van der Waals surface area contributed by atoms with Gasteiger partial charge in [-0.2, -0.15) is 0 Å². The van der Waals surface area contributed by atoms with Gasteiger partial charge in [0, 0.05) is 43.1 Å². The number of nitrogens with zero attached hydrogens (tertiary/aromatic N) is 2. The van der Waals surface area contributed by atoms with Crippen LogP contribution in [0.5, 0.6) is 0 Å². The molecule has 3 aliphatic heterocycles. The van der Waals surface area contributed by atoms with Crippen LogP contribution in [0.15, 0.2) is 36.4 Å². The first-order valence-electron chi connectivity index (χ1n) is 14.9. The van der Waals surface area contributed by atoms with Crippen molar-refractivity contribution in [3.8, 4) is 0 Å². The van der Waals surface area contributed by atoms with Crippen molar-refractivity contribution < 1.29 is 28.8 Å². The number of hydrogen-bond acceptors (Lipinski definition) is 6. The van der Waals surface area contributed by atoms with Crippen molar-refractivity contribution in [2.24, 2.45) is 0 Å². The Balaban J connectivity index is 0.000000197. The average molecular weight is 589 g/mol. The van der Waals surface area contributed by atoms with Crippen LogP contribution in [0, 0.1) is 0 Å². The molecular weight excluding hydrogens is 548 g/mol. The van der Waals surface area contributed by atoms with Gasteiger partial charge < -0.3 is 9.80 Å². The maximum absolute atomic E-state index is 12.6. The van der Waals surface area contributed by atoms with Gasteiger partial charge in [-0.15, -0.1) is 0 Å². The fourth-order valence-electron chi connectivity index (χ4n) is 5.64. The molecule has 0 radical (unpaired) electrons. The number of nitrogens with one attached hydrogen (secondary N) is 2. The Bertz CT molecular complexity index is 1450. The first-order valence-corrected chi connectivity index (χ1v) is 14.9. The molecule has 1 saturated heterocycles. The molecule has 0 saturated carbocycles. The molecule has 3 heterocycles. The van der Waals surface area contributed by atoms with Gasteiger partial charge in [-0.25, -0.2) is 0 Å². The number of hydrogen-bond donors (Lipinski definition) is 2. The van der Waals surface area contributed by atoms with Crippen molar-refractivity contribution in [1.29, 1.82) is 0 Å². The second kappa shape index (κ2) is 13.3. The Morgan fingerprint density at radius 3 is 2.23 bits per heavy atom. The van der Waals surface area contributed by atoms with Gasteiger partial charge in [0.05, 0.1) is 0 Å². The number of amides is 6. The molecule has 2 aromatic carbocycles. The van der Waals surface area contributed by atoms with E-state index in [4.69, 9.17) is 0 Å². The third-order valence-electron chi connectivity index (χ3n) is 8.39. The predicted octanol–water partition coefficient (Wildman–Crippen LogP) is 3.78. The average Bonchev–Trinajstić information content (AvgIpc) is 3.47. The Labute approximate surface area is 252 Å². The smallest absolute Gasteiger partial charge is 0.255 e. The fourth-order valence-corrected chi connectivity index (χ4v) is 5.64. The number of imide groups is 2. The van der Waals surface area contributed by atoms with Gasteiger partial charge in [0.1, 0.15) is 6.04 Å². The van der Waals surface area contributed by atoms with Crippen LogP contribution in [0.2, 0.25) is 0 Å². The molecule has 0 aromatic heterocycles. The fraction of sp³-hybridized carbons (Fsp3) is 0.455. The number of piperidine rings is 1. The van der Waals surface area contributed by atoms with Crippen LogP contribution in [-0.4, -0.2) is 57.8 Å². The van der Waals surface area contributed by atoms with Gasteiger partial charge >= 0.3 is 0 Å². The molecule has 0 aliphatic carbocycles. The molecular formula is C33H40N4O6. The highest BCUT2D eigenvalue weighted by Gasteiger charge is 2.39. The Hall–Kier alpha value is -4.34. The highest BCUT2D eigenvalue weighted by Crippen LogP contribution is 2.30. The van der Waals surface area contributed by atoms with Gasteiger partial charge in [0.15, 0.2) is 0 Å². The summed E-state index contributed by atoms with van der Waals surface area (Å²) in [4.78, 5) is 73.1. The summed E-state index contributed by atoms with van der Waals surface area (Å²) in [6.07, 6.45) is 1.85. The van der Waals surface area contributed by atoms with Crippen LogP contribution in [0.1, 0.15) is 115 Å². The number of carbonyl (C=O) groups excluding carboxylic acids is 6. The summed E-state index contributed by atoms with van der Waals surface area (Å²) in [5.74, 6) is -0.241. The molecule has 228 valence electrons. The van der Waals surface area contributed by atoms with Crippen molar-refractivity contribution in [3.63, 3.8) is 0 Å².